The van der Waals surface area contributed by atoms with E-state index in [-0.39, 0.29) is 0 Å². The van der Waals surface area contributed by atoms with E-state index in [4.69, 9.17) is 16.3 Å². The van der Waals surface area contributed by atoms with Crippen LogP contribution in [0.5, 0.6) is 0 Å². The Morgan fingerprint density at radius 1 is 1.27 bits per heavy atom. The molecule has 0 aromatic heterocycles. The van der Waals surface area contributed by atoms with Crippen molar-refractivity contribution in [2.75, 3.05) is 19.8 Å². The number of allylic oxidation sites excluding steroid dienone is 1. The van der Waals surface area contributed by atoms with Gasteiger partial charge in [-0.25, -0.2) is 0 Å². The molecular formula is C19H28ClNO. The monoisotopic (exact) mass is 321 g/mol. The van der Waals surface area contributed by atoms with Crippen molar-refractivity contribution in [3.63, 3.8) is 0 Å². The topological polar surface area (TPSA) is 21.3 Å². The van der Waals surface area contributed by atoms with Crippen molar-refractivity contribution >= 4 is 11.6 Å². The van der Waals surface area contributed by atoms with Gasteiger partial charge >= 0.3 is 0 Å². The van der Waals surface area contributed by atoms with E-state index >= 15 is 0 Å². The van der Waals surface area contributed by atoms with Crippen LogP contribution in [0.1, 0.15) is 44.6 Å². The summed E-state index contributed by atoms with van der Waals surface area (Å²) < 4.78 is 5.41. The molecule has 0 saturated carbocycles. The lowest BCUT2D eigenvalue weighted by Gasteiger charge is -2.26. The van der Waals surface area contributed by atoms with E-state index in [1.807, 2.05) is 12.1 Å². The van der Waals surface area contributed by atoms with Gasteiger partial charge in [0.2, 0.25) is 0 Å². The average molecular weight is 322 g/mol. The van der Waals surface area contributed by atoms with Gasteiger partial charge in [0.05, 0.1) is 0 Å². The van der Waals surface area contributed by atoms with Crippen LogP contribution in [0.3, 0.4) is 0 Å². The molecule has 1 fully saturated rings. The maximum atomic E-state index is 6.02. The molecule has 0 spiro atoms. The Morgan fingerprint density at radius 3 is 2.50 bits per heavy atom. The van der Waals surface area contributed by atoms with Gasteiger partial charge in [-0.05, 0) is 49.4 Å². The lowest BCUT2D eigenvalue weighted by atomic mass is 9.83. The number of nitrogens with one attached hydrogen (secondary N) is 1. The molecular weight excluding hydrogens is 294 g/mol. The molecule has 1 saturated heterocycles. The van der Waals surface area contributed by atoms with Gasteiger partial charge in [0.15, 0.2) is 0 Å². The van der Waals surface area contributed by atoms with Gasteiger partial charge in [-0.3, -0.25) is 0 Å². The first-order chi connectivity index (χ1) is 10.6. The van der Waals surface area contributed by atoms with Gasteiger partial charge in [-0.2, -0.15) is 0 Å². The minimum Gasteiger partial charge on any atom is -0.381 e. The number of benzene rings is 1. The molecule has 22 heavy (non-hydrogen) atoms. The predicted molar refractivity (Wildman–Crippen MR) is 94.6 cm³/mol. The quantitative estimate of drug-likeness (QED) is 0.729. The molecule has 0 unspecified atom stereocenters. The van der Waals surface area contributed by atoms with Gasteiger partial charge in [0, 0.05) is 30.2 Å². The fourth-order valence-corrected chi connectivity index (χ4v) is 3.12. The van der Waals surface area contributed by atoms with Crippen molar-refractivity contribution in [2.24, 2.45) is 5.92 Å². The number of rotatable bonds is 7. The number of hydrogen-bond acceptors (Lipinski definition) is 2. The Balaban J connectivity index is 1.95. The van der Waals surface area contributed by atoms with E-state index < -0.39 is 0 Å². The zero-order valence-corrected chi connectivity index (χ0v) is 14.5. The first-order valence-electron chi connectivity index (χ1n) is 8.33. The molecule has 1 aromatic carbocycles. The van der Waals surface area contributed by atoms with Crippen molar-refractivity contribution in [1.29, 1.82) is 0 Å². The molecule has 1 aliphatic rings. The highest BCUT2D eigenvalue weighted by atomic mass is 35.5. The summed E-state index contributed by atoms with van der Waals surface area (Å²) in [7, 11) is 0. The second-order valence-electron chi connectivity index (χ2n) is 6.46. The van der Waals surface area contributed by atoms with Crippen LogP contribution in [0.15, 0.2) is 36.4 Å². The molecule has 122 valence electrons. The normalized spacial score (nSPS) is 17.6. The second kappa shape index (κ2) is 8.71. The van der Waals surface area contributed by atoms with Crippen LogP contribution in [-0.2, 0) is 4.74 Å². The first kappa shape index (κ1) is 17.5. The number of halogens is 1. The lowest BCUT2D eigenvalue weighted by Crippen LogP contribution is -2.35. The van der Waals surface area contributed by atoms with Gasteiger partial charge in [-0.1, -0.05) is 49.7 Å². The molecule has 3 heteroatoms. The minimum atomic E-state index is 0.393. The van der Waals surface area contributed by atoms with Gasteiger partial charge in [0.25, 0.3) is 0 Å². The summed E-state index contributed by atoms with van der Waals surface area (Å²) in [6.07, 6.45) is 3.32. The summed E-state index contributed by atoms with van der Waals surface area (Å²) in [6, 6.07) is 8.82. The van der Waals surface area contributed by atoms with E-state index in [0.717, 1.165) is 44.0 Å². The van der Waals surface area contributed by atoms with Crippen LogP contribution in [-0.4, -0.2) is 25.8 Å². The summed E-state index contributed by atoms with van der Waals surface area (Å²) in [6.45, 7) is 11.6. The molecule has 1 heterocycles. The molecule has 0 amide bonds. The highest BCUT2D eigenvalue weighted by Gasteiger charge is 2.19. The lowest BCUT2D eigenvalue weighted by molar-refractivity contribution is 0.0779. The van der Waals surface area contributed by atoms with E-state index in [9.17, 15) is 0 Å². The van der Waals surface area contributed by atoms with E-state index in [1.54, 1.807) is 0 Å². The number of hydrogen-bond donors (Lipinski definition) is 1. The predicted octanol–water partition coefficient (Wildman–Crippen LogP) is 4.79. The smallest absolute Gasteiger partial charge is 0.0480 e. The summed E-state index contributed by atoms with van der Waals surface area (Å²) in [5.74, 6) is 0.883. The Kier molecular flexibility index (Phi) is 6.94. The van der Waals surface area contributed by atoms with E-state index in [1.165, 1.54) is 11.1 Å². The van der Waals surface area contributed by atoms with Crippen LogP contribution >= 0.6 is 11.6 Å². The standard InChI is InChI=1S/C19H28ClNO/c1-14(2)15(3)19(16-4-6-17(20)7-5-16)8-11-21-18-9-12-22-13-10-18/h4-7,14,18-19,21H,3,8-13H2,1-2H3/t19-/m0/s1. The zero-order chi connectivity index (χ0) is 15.9. The molecule has 1 atom stereocenters. The molecule has 2 rings (SSSR count). The van der Waals surface area contributed by atoms with Crippen LogP contribution < -0.4 is 5.32 Å². The average Bonchev–Trinajstić information content (AvgIpc) is 2.53. The van der Waals surface area contributed by atoms with Crippen LogP contribution in [0.4, 0.5) is 0 Å². The van der Waals surface area contributed by atoms with Gasteiger partial charge in [0.1, 0.15) is 0 Å². The molecule has 1 aliphatic heterocycles. The van der Waals surface area contributed by atoms with Crippen molar-refractivity contribution in [1.82, 2.24) is 5.32 Å². The highest BCUT2D eigenvalue weighted by molar-refractivity contribution is 6.30. The van der Waals surface area contributed by atoms with Gasteiger partial charge < -0.3 is 10.1 Å². The third-order valence-electron chi connectivity index (χ3n) is 4.55. The van der Waals surface area contributed by atoms with Crippen molar-refractivity contribution < 1.29 is 4.74 Å². The largest absolute Gasteiger partial charge is 0.381 e. The molecule has 1 N–H and O–H groups in total. The summed E-state index contributed by atoms with van der Waals surface area (Å²) in [4.78, 5) is 0. The zero-order valence-electron chi connectivity index (χ0n) is 13.8. The van der Waals surface area contributed by atoms with Crippen molar-refractivity contribution in [2.45, 2.75) is 45.1 Å². The Labute approximate surface area is 139 Å². The number of ether oxygens (including phenoxy) is 1. The van der Waals surface area contributed by atoms with E-state index in [2.05, 4.69) is 37.9 Å². The summed E-state index contributed by atoms with van der Waals surface area (Å²) in [5, 5.41) is 4.47. The van der Waals surface area contributed by atoms with Crippen LogP contribution in [0, 0.1) is 5.92 Å². The van der Waals surface area contributed by atoms with Crippen molar-refractivity contribution in [3.05, 3.63) is 47.0 Å². The van der Waals surface area contributed by atoms with Crippen LogP contribution in [0.2, 0.25) is 5.02 Å². The van der Waals surface area contributed by atoms with Crippen LogP contribution in [0.25, 0.3) is 0 Å². The summed E-state index contributed by atoms with van der Waals surface area (Å²) >= 11 is 6.02. The molecule has 0 bridgehead atoms. The molecule has 0 radical (unpaired) electrons. The SMILES string of the molecule is C=C(C(C)C)[C@H](CCNC1CCOCC1)c1ccc(Cl)cc1. The van der Waals surface area contributed by atoms with Crippen molar-refractivity contribution in [3.8, 4) is 0 Å². The van der Waals surface area contributed by atoms with Gasteiger partial charge in [-0.15, -0.1) is 0 Å². The Bertz CT molecular complexity index is 463. The second-order valence-corrected chi connectivity index (χ2v) is 6.90. The molecule has 0 aliphatic carbocycles. The molecule has 1 aromatic rings. The molecule has 2 nitrogen and oxygen atoms in total. The summed E-state index contributed by atoms with van der Waals surface area (Å²) in [5.41, 5.74) is 2.62. The highest BCUT2D eigenvalue weighted by Crippen LogP contribution is 2.31. The minimum absolute atomic E-state index is 0.393. The third kappa shape index (κ3) is 5.12. The van der Waals surface area contributed by atoms with E-state index in [0.29, 0.717) is 17.9 Å². The third-order valence-corrected chi connectivity index (χ3v) is 4.80. The maximum absolute atomic E-state index is 6.02. The maximum Gasteiger partial charge on any atom is 0.0480 e. The first-order valence-corrected chi connectivity index (χ1v) is 8.71. The Hall–Kier alpha value is -0.830. The fraction of sp³-hybridized carbons (Fsp3) is 0.579. The Morgan fingerprint density at radius 2 is 1.91 bits per heavy atom. The fourth-order valence-electron chi connectivity index (χ4n) is 3.00.